The molecule has 4 heteroatoms. The average Bonchev–Trinajstić information content (AvgIpc) is 3.01. The topological polar surface area (TPSA) is 17.8 Å². The third-order valence-electron chi connectivity index (χ3n) is 3.99. The molecule has 0 radical (unpaired) electrons. The Bertz CT molecular complexity index is 992. The molecule has 4 rings (SSSR count). The predicted molar refractivity (Wildman–Crippen MR) is 104 cm³/mol. The first-order valence-corrected chi connectivity index (χ1v) is 8.65. The lowest BCUT2D eigenvalue weighted by Gasteiger charge is -2.07. The molecular formula is C21H14Cl2N2. The molecule has 0 fully saturated rings. The van der Waals surface area contributed by atoms with E-state index >= 15 is 0 Å². The van der Waals surface area contributed by atoms with Gasteiger partial charge in [0.25, 0.3) is 0 Å². The van der Waals surface area contributed by atoms with E-state index in [2.05, 4.69) is 0 Å². The van der Waals surface area contributed by atoms with Crippen LogP contribution < -0.4 is 0 Å². The molecule has 1 heterocycles. The molecule has 0 aliphatic heterocycles. The van der Waals surface area contributed by atoms with Crippen molar-refractivity contribution in [2.45, 2.75) is 0 Å². The quantitative estimate of drug-likeness (QED) is 0.404. The van der Waals surface area contributed by atoms with Gasteiger partial charge in [0.15, 0.2) is 0 Å². The van der Waals surface area contributed by atoms with Gasteiger partial charge in [0, 0.05) is 16.1 Å². The fraction of sp³-hybridized carbons (Fsp3) is 0. The van der Waals surface area contributed by atoms with Crippen LogP contribution in [0.1, 0.15) is 0 Å². The summed E-state index contributed by atoms with van der Waals surface area (Å²) in [6, 6.07) is 27.6. The van der Waals surface area contributed by atoms with E-state index in [1.165, 1.54) is 0 Å². The summed E-state index contributed by atoms with van der Waals surface area (Å²) in [5.41, 5.74) is 4.52. The number of halogens is 2. The van der Waals surface area contributed by atoms with Gasteiger partial charge >= 0.3 is 0 Å². The minimum absolute atomic E-state index is 0.623. The Hall–Kier alpha value is -2.55. The molecule has 1 aromatic heterocycles. The lowest BCUT2D eigenvalue weighted by atomic mass is 10.1. The number of nitrogens with zero attached hydrogens (tertiary/aromatic N) is 2. The van der Waals surface area contributed by atoms with Crippen molar-refractivity contribution in [1.29, 1.82) is 0 Å². The third kappa shape index (κ3) is 3.07. The summed E-state index contributed by atoms with van der Waals surface area (Å²) >= 11 is 12.8. The van der Waals surface area contributed by atoms with E-state index in [0.717, 1.165) is 28.2 Å². The molecule has 0 saturated carbocycles. The standard InChI is InChI=1S/C21H14Cl2N2/c22-17-13-11-15(12-14-17)20-19(23)21(16-7-3-1-4-8-16)25(24-20)18-9-5-2-6-10-18/h1-14H. The Morgan fingerprint density at radius 1 is 0.640 bits per heavy atom. The first-order valence-electron chi connectivity index (χ1n) is 7.89. The molecule has 0 unspecified atom stereocenters. The Morgan fingerprint density at radius 3 is 1.88 bits per heavy atom. The van der Waals surface area contributed by atoms with E-state index in [1.807, 2.05) is 89.6 Å². The molecule has 25 heavy (non-hydrogen) atoms. The van der Waals surface area contributed by atoms with E-state index in [9.17, 15) is 0 Å². The summed E-state index contributed by atoms with van der Waals surface area (Å²) in [6.07, 6.45) is 0. The van der Waals surface area contributed by atoms with Crippen LogP contribution in [0.2, 0.25) is 10.0 Å². The molecule has 2 nitrogen and oxygen atoms in total. The Labute approximate surface area is 156 Å². The van der Waals surface area contributed by atoms with Gasteiger partial charge in [-0.3, -0.25) is 0 Å². The Kier molecular flexibility index (Phi) is 4.31. The monoisotopic (exact) mass is 364 g/mol. The molecule has 0 atom stereocenters. The van der Waals surface area contributed by atoms with Gasteiger partial charge in [-0.2, -0.15) is 5.10 Å². The van der Waals surface area contributed by atoms with Crippen LogP contribution in [0.4, 0.5) is 0 Å². The second-order valence-electron chi connectivity index (χ2n) is 5.63. The van der Waals surface area contributed by atoms with Crippen LogP contribution in [0, 0.1) is 0 Å². The van der Waals surface area contributed by atoms with Crippen LogP contribution in [-0.4, -0.2) is 9.78 Å². The van der Waals surface area contributed by atoms with Crippen LogP contribution in [0.3, 0.4) is 0 Å². The molecule has 3 aromatic carbocycles. The van der Waals surface area contributed by atoms with Crippen molar-refractivity contribution >= 4 is 23.2 Å². The highest BCUT2D eigenvalue weighted by Crippen LogP contribution is 2.38. The predicted octanol–water partition coefficient (Wildman–Crippen LogP) is 6.51. The average molecular weight is 365 g/mol. The molecule has 0 N–H and O–H groups in total. The third-order valence-corrected chi connectivity index (χ3v) is 4.60. The van der Waals surface area contributed by atoms with Crippen LogP contribution >= 0.6 is 23.2 Å². The number of para-hydroxylation sites is 1. The first kappa shape index (κ1) is 15.9. The van der Waals surface area contributed by atoms with Crippen molar-refractivity contribution in [3.05, 3.63) is 95.0 Å². The maximum Gasteiger partial charge on any atom is 0.112 e. The van der Waals surface area contributed by atoms with E-state index in [-0.39, 0.29) is 0 Å². The first-order chi connectivity index (χ1) is 12.2. The number of hydrogen-bond acceptors (Lipinski definition) is 1. The summed E-state index contributed by atoms with van der Waals surface area (Å²) in [5, 5.41) is 6.11. The number of benzene rings is 3. The zero-order valence-corrected chi connectivity index (χ0v) is 14.7. The highest BCUT2D eigenvalue weighted by atomic mass is 35.5. The molecule has 4 aromatic rings. The van der Waals surface area contributed by atoms with E-state index < -0.39 is 0 Å². The molecule has 0 aliphatic carbocycles. The lowest BCUT2D eigenvalue weighted by Crippen LogP contribution is -1.98. The van der Waals surface area contributed by atoms with Gasteiger partial charge < -0.3 is 0 Å². The summed E-state index contributed by atoms with van der Waals surface area (Å²) in [4.78, 5) is 0. The fourth-order valence-electron chi connectivity index (χ4n) is 2.79. The van der Waals surface area contributed by atoms with E-state index in [0.29, 0.717) is 10.0 Å². The van der Waals surface area contributed by atoms with Gasteiger partial charge in [-0.15, -0.1) is 0 Å². The van der Waals surface area contributed by atoms with Crippen molar-refractivity contribution in [3.8, 4) is 28.2 Å². The van der Waals surface area contributed by atoms with E-state index in [1.54, 1.807) is 0 Å². The second kappa shape index (κ2) is 6.75. The van der Waals surface area contributed by atoms with E-state index in [4.69, 9.17) is 28.3 Å². The molecule has 0 bridgehead atoms. The van der Waals surface area contributed by atoms with Crippen molar-refractivity contribution in [3.63, 3.8) is 0 Å². The minimum Gasteiger partial charge on any atom is -0.231 e. The minimum atomic E-state index is 0.623. The number of aromatic nitrogens is 2. The normalized spacial score (nSPS) is 10.8. The largest absolute Gasteiger partial charge is 0.231 e. The zero-order chi connectivity index (χ0) is 17.2. The Balaban J connectivity index is 1.97. The molecule has 0 aliphatic rings. The summed E-state index contributed by atoms with van der Waals surface area (Å²) in [6.45, 7) is 0. The van der Waals surface area contributed by atoms with Crippen LogP contribution in [0.15, 0.2) is 84.9 Å². The summed E-state index contributed by atoms with van der Waals surface area (Å²) < 4.78 is 1.89. The molecule has 122 valence electrons. The van der Waals surface area contributed by atoms with Crippen molar-refractivity contribution in [2.24, 2.45) is 0 Å². The van der Waals surface area contributed by atoms with Crippen molar-refractivity contribution in [1.82, 2.24) is 9.78 Å². The van der Waals surface area contributed by atoms with Gasteiger partial charge in [0.05, 0.1) is 16.4 Å². The highest BCUT2D eigenvalue weighted by molar-refractivity contribution is 6.35. The zero-order valence-electron chi connectivity index (χ0n) is 13.2. The van der Waals surface area contributed by atoms with Crippen molar-refractivity contribution in [2.75, 3.05) is 0 Å². The maximum atomic E-state index is 6.77. The highest BCUT2D eigenvalue weighted by Gasteiger charge is 2.20. The summed E-state index contributed by atoms with van der Waals surface area (Å²) in [5.74, 6) is 0. The number of hydrogen-bond donors (Lipinski definition) is 0. The van der Waals surface area contributed by atoms with Crippen LogP contribution in [0.25, 0.3) is 28.2 Å². The van der Waals surface area contributed by atoms with Crippen LogP contribution in [-0.2, 0) is 0 Å². The smallest absolute Gasteiger partial charge is 0.112 e. The van der Waals surface area contributed by atoms with Gasteiger partial charge in [0.1, 0.15) is 5.69 Å². The Morgan fingerprint density at radius 2 is 1.24 bits per heavy atom. The van der Waals surface area contributed by atoms with Gasteiger partial charge in [-0.1, -0.05) is 83.9 Å². The fourth-order valence-corrected chi connectivity index (χ4v) is 3.25. The van der Waals surface area contributed by atoms with Crippen molar-refractivity contribution < 1.29 is 0 Å². The molecular weight excluding hydrogens is 351 g/mol. The SMILES string of the molecule is Clc1ccc(-c2nn(-c3ccccc3)c(-c3ccccc3)c2Cl)cc1. The molecule has 0 spiro atoms. The second-order valence-corrected chi connectivity index (χ2v) is 6.45. The van der Waals surface area contributed by atoms with Crippen LogP contribution in [0.5, 0.6) is 0 Å². The summed E-state index contributed by atoms with van der Waals surface area (Å²) in [7, 11) is 0. The molecule has 0 amide bonds. The maximum absolute atomic E-state index is 6.77. The lowest BCUT2D eigenvalue weighted by molar-refractivity contribution is 0.892. The van der Waals surface area contributed by atoms with Gasteiger partial charge in [0.2, 0.25) is 0 Å². The number of rotatable bonds is 3. The van der Waals surface area contributed by atoms with Gasteiger partial charge in [-0.25, -0.2) is 4.68 Å². The van der Waals surface area contributed by atoms with Gasteiger partial charge in [-0.05, 0) is 24.3 Å². The molecule has 0 saturated heterocycles.